The Morgan fingerprint density at radius 2 is 2.11 bits per heavy atom. The molecule has 18 heavy (non-hydrogen) atoms. The molecule has 1 amide bonds. The second-order valence-electron chi connectivity index (χ2n) is 3.28. The zero-order chi connectivity index (χ0) is 13.1. The third kappa shape index (κ3) is 2.83. The highest BCUT2D eigenvalue weighted by atomic mass is 79.9. The zero-order valence-electron chi connectivity index (χ0n) is 8.82. The van der Waals surface area contributed by atoms with E-state index in [4.69, 9.17) is 11.6 Å². The molecule has 7 heteroatoms. The molecule has 0 bridgehead atoms. The van der Waals surface area contributed by atoms with Gasteiger partial charge in [-0.05, 0) is 28.1 Å². The smallest absolute Gasteiger partial charge is 0.275 e. The standard InChI is InChI=1S/C11H6BrClFN3O/c12-6-2-1-3-7(14)10(6)17-11(18)8-4-16-9(13)5-15-8/h1-5H,(H,17,18). The summed E-state index contributed by atoms with van der Waals surface area (Å²) in [6.07, 6.45) is 2.46. The minimum absolute atomic E-state index is 0.0505. The maximum absolute atomic E-state index is 13.5. The first-order chi connectivity index (χ1) is 8.58. The van der Waals surface area contributed by atoms with E-state index < -0.39 is 11.7 Å². The largest absolute Gasteiger partial charge is 0.317 e. The number of halogens is 3. The summed E-state index contributed by atoms with van der Waals surface area (Å²) >= 11 is 8.70. The van der Waals surface area contributed by atoms with E-state index in [2.05, 4.69) is 31.2 Å². The Hall–Kier alpha value is -1.53. The monoisotopic (exact) mass is 329 g/mol. The molecule has 1 aromatic heterocycles. The summed E-state index contributed by atoms with van der Waals surface area (Å²) in [6, 6.07) is 4.39. The molecule has 0 saturated heterocycles. The molecule has 2 aromatic rings. The number of nitrogens with zero attached hydrogens (tertiary/aromatic N) is 2. The Bertz CT molecular complexity index is 571. The minimum Gasteiger partial charge on any atom is -0.317 e. The van der Waals surface area contributed by atoms with Gasteiger partial charge in [-0.3, -0.25) is 4.79 Å². The molecule has 4 nitrogen and oxygen atoms in total. The number of hydrogen-bond donors (Lipinski definition) is 1. The normalized spacial score (nSPS) is 10.2. The van der Waals surface area contributed by atoms with E-state index in [0.29, 0.717) is 4.47 Å². The Labute approximate surface area is 115 Å². The highest BCUT2D eigenvalue weighted by Gasteiger charge is 2.13. The second kappa shape index (κ2) is 5.41. The van der Waals surface area contributed by atoms with Crippen LogP contribution in [0.5, 0.6) is 0 Å². The van der Waals surface area contributed by atoms with Gasteiger partial charge in [0, 0.05) is 4.47 Å². The first kappa shape index (κ1) is 12.9. The van der Waals surface area contributed by atoms with Crippen LogP contribution >= 0.6 is 27.5 Å². The van der Waals surface area contributed by atoms with Gasteiger partial charge in [-0.15, -0.1) is 0 Å². The molecule has 0 atom stereocenters. The average molecular weight is 331 g/mol. The van der Waals surface area contributed by atoms with Crippen molar-refractivity contribution in [3.63, 3.8) is 0 Å². The Kier molecular flexibility index (Phi) is 3.88. The van der Waals surface area contributed by atoms with Gasteiger partial charge in [0.2, 0.25) is 0 Å². The molecule has 92 valence electrons. The summed E-state index contributed by atoms with van der Waals surface area (Å²) in [5, 5.41) is 2.59. The number of carbonyl (C=O) groups excluding carboxylic acids is 1. The highest BCUT2D eigenvalue weighted by molar-refractivity contribution is 9.10. The average Bonchev–Trinajstić information content (AvgIpc) is 2.34. The van der Waals surface area contributed by atoms with E-state index in [0.717, 1.165) is 0 Å². The summed E-state index contributed by atoms with van der Waals surface area (Å²) in [7, 11) is 0. The van der Waals surface area contributed by atoms with Crippen LogP contribution in [0.15, 0.2) is 35.1 Å². The van der Waals surface area contributed by atoms with E-state index in [1.165, 1.54) is 24.5 Å². The first-order valence-electron chi connectivity index (χ1n) is 4.81. The molecule has 0 unspecified atom stereocenters. The highest BCUT2D eigenvalue weighted by Crippen LogP contribution is 2.25. The summed E-state index contributed by atoms with van der Waals surface area (Å²) < 4.78 is 13.9. The van der Waals surface area contributed by atoms with Gasteiger partial charge >= 0.3 is 0 Å². The number of anilines is 1. The molecule has 0 radical (unpaired) electrons. The molecular formula is C11H6BrClFN3O. The lowest BCUT2D eigenvalue weighted by Crippen LogP contribution is -2.15. The van der Waals surface area contributed by atoms with Gasteiger partial charge in [0.15, 0.2) is 0 Å². The fourth-order valence-corrected chi connectivity index (χ4v) is 1.76. The maximum Gasteiger partial charge on any atom is 0.275 e. The molecular weight excluding hydrogens is 324 g/mol. The predicted molar refractivity (Wildman–Crippen MR) is 69.1 cm³/mol. The van der Waals surface area contributed by atoms with Gasteiger partial charge in [-0.2, -0.15) is 0 Å². The van der Waals surface area contributed by atoms with Crippen LogP contribution in [-0.4, -0.2) is 15.9 Å². The van der Waals surface area contributed by atoms with E-state index in [1.54, 1.807) is 6.07 Å². The van der Waals surface area contributed by atoms with Gasteiger partial charge in [0.1, 0.15) is 16.7 Å². The quantitative estimate of drug-likeness (QED) is 0.919. The number of hydrogen-bond acceptors (Lipinski definition) is 3. The van der Waals surface area contributed by atoms with Crippen LogP contribution < -0.4 is 5.32 Å². The molecule has 0 aliphatic rings. The number of nitrogens with one attached hydrogen (secondary N) is 1. The summed E-state index contributed by atoms with van der Waals surface area (Å²) in [4.78, 5) is 19.3. The van der Waals surface area contributed by atoms with Gasteiger partial charge in [0.25, 0.3) is 5.91 Å². The lowest BCUT2D eigenvalue weighted by molar-refractivity contribution is 0.102. The predicted octanol–water partition coefficient (Wildman–Crippen LogP) is 3.28. The van der Waals surface area contributed by atoms with Crippen LogP contribution in [0.25, 0.3) is 0 Å². The SMILES string of the molecule is O=C(Nc1c(F)cccc1Br)c1cnc(Cl)cn1. The molecule has 0 aliphatic carbocycles. The van der Waals surface area contributed by atoms with Crippen molar-refractivity contribution in [1.82, 2.24) is 9.97 Å². The van der Waals surface area contributed by atoms with Crippen molar-refractivity contribution in [2.24, 2.45) is 0 Å². The molecule has 1 N–H and O–H groups in total. The Morgan fingerprint density at radius 1 is 1.33 bits per heavy atom. The van der Waals surface area contributed by atoms with E-state index in [-0.39, 0.29) is 16.5 Å². The zero-order valence-corrected chi connectivity index (χ0v) is 11.2. The van der Waals surface area contributed by atoms with Crippen molar-refractivity contribution in [3.8, 4) is 0 Å². The van der Waals surface area contributed by atoms with Crippen molar-refractivity contribution >= 4 is 39.1 Å². The fraction of sp³-hybridized carbons (Fsp3) is 0. The van der Waals surface area contributed by atoms with Crippen LogP contribution in [-0.2, 0) is 0 Å². The van der Waals surface area contributed by atoms with Gasteiger partial charge in [-0.25, -0.2) is 14.4 Å². The molecule has 1 aromatic carbocycles. The summed E-state index contributed by atoms with van der Waals surface area (Å²) in [5.41, 5.74) is 0.105. The Balaban J connectivity index is 2.24. The van der Waals surface area contributed by atoms with Gasteiger partial charge in [-0.1, -0.05) is 17.7 Å². The fourth-order valence-electron chi connectivity index (χ4n) is 1.22. The van der Waals surface area contributed by atoms with Crippen LogP contribution in [0.1, 0.15) is 10.5 Å². The number of benzene rings is 1. The molecule has 0 fully saturated rings. The van der Waals surface area contributed by atoms with E-state index in [1.807, 2.05) is 0 Å². The third-order valence-electron chi connectivity index (χ3n) is 2.05. The van der Waals surface area contributed by atoms with Crippen molar-refractivity contribution < 1.29 is 9.18 Å². The number of para-hydroxylation sites is 1. The number of aromatic nitrogens is 2. The topological polar surface area (TPSA) is 54.9 Å². The van der Waals surface area contributed by atoms with Crippen molar-refractivity contribution in [3.05, 3.63) is 51.7 Å². The van der Waals surface area contributed by atoms with Crippen molar-refractivity contribution in [2.45, 2.75) is 0 Å². The molecule has 0 saturated carbocycles. The number of amides is 1. The van der Waals surface area contributed by atoms with Crippen molar-refractivity contribution in [2.75, 3.05) is 5.32 Å². The van der Waals surface area contributed by atoms with Crippen LogP contribution in [0, 0.1) is 5.82 Å². The third-order valence-corrected chi connectivity index (χ3v) is 2.91. The molecule has 2 rings (SSSR count). The molecule has 0 aliphatic heterocycles. The minimum atomic E-state index is -0.565. The van der Waals surface area contributed by atoms with Crippen molar-refractivity contribution in [1.29, 1.82) is 0 Å². The Morgan fingerprint density at radius 3 is 2.72 bits per heavy atom. The summed E-state index contributed by atoms with van der Waals surface area (Å²) in [5.74, 6) is -1.11. The van der Waals surface area contributed by atoms with Crippen LogP contribution in [0.3, 0.4) is 0 Å². The summed E-state index contributed by atoms with van der Waals surface area (Å²) in [6.45, 7) is 0. The van der Waals surface area contributed by atoms with Crippen LogP contribution in [0.2, 0.25) is 5.15 Å². The van der Waals surface area contributed by atoms with E-state index in [9.17, 15) is 9.18 Å². The first-order valence-corrected chi connectivity index (χ1v) is 5.98. The van der Waals surface area contributed by atoms with E-state index >= 15 is 0 Å². The van der Waals surface area contributed by atoms with Gasteiger partial charge in [0.05, 0.1) is 18.1 Å². The molecule has 0 spiro atoms. The number of carbonyl (C=O) groups is 1. The lowest BCUT2D eigenvalue weighted by Gasteiger charge is -2.07. The second-order valence-corrected chi connectivity index (χ2v) is 4.52. The maximum atomic E-state index is 13.5. The van der Waals surface area contributed by atoms with Gasteiger partial charge < -0.3 is 5.32 Å². The lowest BCUT2D eigenvalue weighted by atomic mass is 10.3. The number of rotatable bonds is 2. The molecule has 1 heterocycles. The van der Waals surface area contributed by atoms with Crippen LogP contribution in [0.4, 0.5) is 10.1 Å².